The van der Waals surface area contributed by atoms with E-state index in [2.05, 4.69) is 5.32 Å². The van der Waals surface area contributed by atoms with Gasteiger partial charge in [0.25, 0.3) is 5.91 Å². The van der Waals surface area contributed by atoms with Crippen LogP contribution in [0.3, 0.4) is 0 Å². The summed E-state index contributed by atoms with van der Waals surface area (Å²) in [5.41, 5.74) is 6.46. The molecule has 1 aliphatic rings. The number of benzene rings is 1. The van der Waals surface area contributed by atoms with Gasteiger partial charge in [0, 0.05) is 18.8 Å². The van der Waals surface area contributed by atoms with Crippen LogP contribution in [0.2, 0.25) is 5.02 Å². The zero-order valence-corrected chi connectivity index (χ0v) is 10.5. The van der Waals surface area contributed by atoms with Gasteiger partial charge >= 0.3 is 0 Å². The molecule has 96 valence electrons. The Bertz CT molecular complexity index is 490. The first kappa shape index (κ1) is 12.7. The predicted molar refractivity (Wildman–Crippen MR) is 69.4 cm³/mol. The Hall–Kier alpha value is -1.75. The first-order chi connectivity index (χ1) is 8.58. The Balaban J connectivity index is 2.24. The minimum atomic E-state index is -0.260. The third-order valence-electron chi connectivity index (χ3n) is 2.77. The van der Waals surface area contributed by atoms with E-state index in [1.165, 1.54) is 11.0 Å². The maximum absolute atomic E-state index is 12.3. The first-order valence-electron chi connectivity index (χ1n) is 5.69. The number of rotatable bonds is 1. The van der Waals surface area contributed by atoms with Crippen molar-refractivity contribution in [3.8, 4) is 0 Å². The Morgan fingerprint density at radius 1 is 1.44 bits per heavy atom. The van der Waals surface area contributed by atoms with Gasteiger partial charge in [-0.2, -0.15) is 0 Å². The number of halogens is 1. The van der Waals surface area contributed by atoms with Gasteiger partial charge in [-0.1, -0.05) is 11.6 Å². The van der Waals surface area contributed by atoms with Crippen LogP contribution in [0.5, 0.6) is 0 Å². The van der Waals surface area contributed by atoms with Gasteiger partial charge < -0.3 is 16.0 Å². The summed E-state index contributed by atoms with van der Waals surface area (Å²) in [4.78, 5) is 25.2. The number of amides is 2. The lowest BCUT2D eigenvalue weighted by Crippen LogP contribution is -2.37. The largest absolute Gasteiger partial charge is 0.399 e. The van der Waals surface area contributed by atoms with Crippen molar-refractivity contribution in [2.45, 2.75) is 6.42 Å². The van der Waals surface area contributed by atoms with Gasteiger partial charge in [-0.05, 0) is 24.6 Å². The number of anilines is 1. The third-order valence-corrected chi connectivity index (χ3v) is 3.10. The van der Waals surface area contributed by atoms with Crippen molar-refractivity contribution in [1.29, 1.82) is 0 Å². The summed E-state index contributed by atoms with van der Waals surface area (Å²) in [5.74, 6) is -0.412. The molecule has 1 aromatic carbocycles. The van der Waals surface area contributed by atoms with E-state index < -0.39 is 0 Å². The Kier molecular flexibility index (Phi) is 3.72. The molecule has 0 saturated carbocycles. The van der Waals surface area contributed by atoms with Crippen LogP contribution in [0.25, 0.3) is 0 Å². The van der Waals surface area contributed by atoms with Gasteiger partial charge in [-0.3, -0.25) is 9.59 Å². The molecule has 6 heteroatoms. The maximum Gasteiger partial charge on any atom is 0.255 e. The first-order valence-corrected chi connectivity index (χ1v) is 6.07. The second kappa shape index (κ2) is 5.27. The van der Waals surface area contributed by atoms with Crippen molar-refractivity contribution in [2.75, 3.05) is 25.4 Å². The molecule has 0 aliphatic carbocycles. The highest BCUT2D eigenvalue weighted by atomic mass is 35.5. The minimum absolute atomic E-state index is 0.0595. The second-order valence-corrected chi connectivity index (χ2v) is 4.58. The van der Waals surface area contributed by atoms with Crippen LogP contribution in [-0.4, -0.2) is 36.3 Å². The number of hydrogen-bond acceptors (Lipinski definition) is 3. The van der Waals surface area contributed by atoms with Gasteiger partial charge in [0.1, 0.15) is 0 Å². The average molecular weight is 268 g/mol. The maximum atomic E-state index is 12.3. The highest BCUT2D eigenvalue weighted by Gasteiger charge is 2.22. The average Bonchev–Trinajstić information content (AvgIpc) is 2.56. The molecule has 1 aromatic rings. The summed E-state index contributed by atoms with van der Waals surface area (Å²) in [6.45, 7) is 1.18. The normalized spacial score (nSPS) is 16.1. The highest BCUT2D eigenvalue weighted by molar-refractivity contribution is 6.34. The molecule has 1 saturated heterocycles. The number of nitrogens with zero attached hydrogens (tertiary/aromatic N) is 1. The van der Waals surface area contributed by atoms with E-state index in [0.29, 0.717) is 29.4 Å². The standard InChI is InChI=1S/C12H14ClN3O2/c13-10-3-2-8(14)6-9(10)12(18)16-5-1-4-15-11(17)7-16/h2-3,6H,1,4-5,7,14H2,(H,15,17). The summed E-state index contributed by atoms with van der Waals surface area (Å²) in [6.07, 6.45) is 0.734. The molecule has 0 spiro atoms. The molecule has 2 rings (SSSR count). The monoisotopic (exact) mass is 267 g/mol. The molecule has 18 heavy (non-hydrogen) atoms. The summed E-state index contributed by atoms with van der Waals surface area (Å²) in [5, 5.41) is 3.06. The molecule has 1 aliphatic heterocycles. The second-order valence-electron chi connectivity index (χ2n) is 4.17. The van der Waals surface area contributed by atoms with Gasteiger partial charge in [-0.15, -0.1) is 0 Å². The lowest BCUT2D eigenvalue weighted by Gasteiger charge is -2.19. The zero-order chi connectivity index (χ0) is 13.1. The Labute approximate surface area is 110 Å². The molecular weight excluding hydrogens is 254 g/mol. The number of nitrogen functional groups attached to an aromatic ring is 1. The number of carbonyl (C=O) groups is 2. The Morgan fingerprint density at radius 2 is 2.22 bits per heavy atom. The van der Waals surface area contributed by atoms with Crippen molar-refractivity contribution in [2.24, 2.45) is 0 Å². The van der Waals surface area contributed by atoms with Gasteiger partial charge in [0.05, 0.1) is 17.1 Å². The quantitative estimate of drug-likeness (QED) is 0.742. The molecular formula is C12H14ClN3O2. The zero-order valence-electron chi connectivity index (χ0n) is 9.78. The fraction of sp³-hybridized carbons (Fsp3) is 0.333. The molecule has 2 amide bonds. The SMILES string of the molecule is Nc1ccc(Cl)c(C(=O)N2CCCNC(=O)C2)c1. The van der Waals surface area contributed by atoms with Crippen molar-refractivity contribution < 1.29 is 9.59 Å². The lowest BCUT2D eigenvalue weighted by atomic mass is 10.1. The van der Waals surface area contributed by atoms with Crippen LogP contribution in [0.1, 0.15) is 16.8 Å². The molecule has 1 fully saturated rings. The summed E-state index contributed by atoms with van der Waals surface area (Å²) < 4.78 is 0. The topological polar surface area (TPSA) is 75.4 Å². The van der Waals surface area contributed by atoms with Crippen molar-refractivity contribution >= 4 is 29.1 Å². The number of nitrogens with one attached hydrogen (secondary N) is 1. The lowest BCUT2D eigenvalue weighted by molar-refractivity contribution is -0.121. The smallest absolute Gasteiger partial charge is 0.255 e. The molecule has 3 N–H and O–H groups in total. The van der Waals surface area contributed by atoms with Crippen molar-refractivity contribution in [1.82, 2.24) is 10.2 Å². The molecule has 1 heterocycles. The van der Waals surface area contributed by atoms with E-state index >= 15 is 0 Å². The van der Waals surface area contributed by atoms with Crippen molar-refractivity contribution in [3.63, 3.8) is 0 Å². The highest BCUT2D eigenvalue weighted by Crippen LogP contribution is 2.21. The van der Waals surface area contributed by atoms with E-state index in [4.69, 9.17) is 17.3 Å². The van der Waals surface area contributed by atoms with Gasteiger partial charge in [0.15, 0.2) is 0 Å². The van der Waals surface area contributed by atoms with E-state index in [0.717, 1.165) is 6.42 Å². The van der Waals surface area contributed by atoms with E-state index in [1.54, 1.807) is 12.1 Å². The van der Waals surface area contributed by atoms with E-state index in [9.17, 15) is 9.59 Å². The van der Waals surface area contributed by atoms with E-state index in [1.807, 2.05) is 0 Å². The van der Waals surface area contributed by atoms with Crippen molar-refractivity contribution in [3.05, 3.63) is 28.8 Å². The summed E-state index contributed by atoms with van der Waals surface area (Å²) in [6, 6.07) is 4.75. The fourth-order valence-electron chi connectivity index (χ4n) is 1.86. The molecule has 0 radical (unpaired) electrons. The summed E-state index contributed by atoms with van der Waals surface area (Å²) in [7, 11) is 0. The number of hydrogen-bond donors (Lipinski definition) is 2. The summed E-state index contributed by atoms with van der Waals surface area (Å²) >= 11 is 5.98. The third kappa shape index (κ3) is 2.73. The van der Waals surface area contributed by atoms with Gasteiger partial charge in [0.2, 0.25) is 5.91 Å². The van der Waals surface area contributed by atoms with Gasteiger partial charge in [-0.25, -0.2) is 0 Å². The van der Waals surface area contributed by atoms with Crippen LogP contribution in [0.4, 0.5) is 5.69 Å². The Morgan fingerprint density at radius 3 is 3.00 bits per heavy atom. The van der Waals surface area contributed by atoms with Crippen LogP contribution >= 0.6 is 11.6 Å². The molecule has 0 atom stereocenters. The molecule has 0 bridgehead atoms. The van der Waals surface area contributed by atoms with Crippen LogP contribution in [0, 0.1) is 0 Å². The molecule has 0 aromatic heterocycles. The number of nitrogens with two attached hydrogens (primary N) is 1. The van der Waals surface area contributed by atoms with Crippen LogP contribution in [0.15, 0.2) is 18.2 Å². The van der Waals surface area contributed by atoms with Crippen LogP contribution < -0.4 is 11.1 Å². The predicted octanol–water partition coefficient (Wildman–Crippen LogP) is 0.884. The minimum Gasteiger partial charge on any atom is -0.399 e. The van der Waals surface area contributed by atoms with Crippen LogP contribution in [-0.2, 0) is 4.79 Å². The fourth-order valence-corrected chi connectivity index (χ4v) is 2.05. The molecule has 0 unspecified atom stereocenters. The molecule has 5 nitrogen and oxygen atoms in total. The number of carbonyl (C=O) groups excluding carboxylic acids is 2. The van der Waals surface area contributed by atoms with E-state index in [-0.39, 0.29) is 18.4 Å².